The van der Waals surface area contributed by atoms with Crippen LogP contribution in [-0.4, -0.2) is 20.1 Å². The number of hydrogen-bond acceptors (Lipinski definition) is 3. The zero-order chi connectivity index (χ0) is 15.1. The number of benzene rings is 1. The van der Waals surface area contributed by atoms with E-state index in [1.54, 1.807) is 0 Å². The number of hydrogen-bond donors (Lipinski definition) is 1. The van der Waals surface area contributed by atoms with E-state index in [2.05, 4.69) is 26.2 Å². The molecule has 20 heavy (non-hydrogen) atoms. The summed E-state index contributed by atoms with van der Waals surface area (Å²) in [5.41, 5.74) is -1.53. The molecule has 1 aromatic heterocycles. The van der Waals surface area contributed by atoms with E-state index < -0.39 is 17.3 Å². The lowest BCUT2D eigenvalue weighted by Crippen LogP contribution is -2.15. The molecule has 0 unspecified atom stereocenters. The molecule has 108 valence electrons. The maximum Gasteiger partial charge on any atom is 0.416 e. The largest absolute Gasteiger partial charge is 0.416 e. The van der Waals surface area contributed by atoms with Gasteiger partial charge in [-0.25, -0.2) is 4.68 Å². The first-order valence-electron chi connectivity index (χ1n) is 5.61. The molecule has 0 spiro atoms. The fourth-order valence-corrected chi connectivity index (χ4v) is 2.02. The van der Waals surface area contributed by atoms with Crippen molar-refractivity contribution in [3.8, 4) is 5.69 Å². The number of nitrogens with zero attached hydrogens (tertiary/aromatic N) is 3. The summed E-state index contributed by atoms with van der Waals surface area (Å²) in [6.45, 7) is 3.03. The first-order valence-corrected chi connectivity index (χ1v) is 6.40. The van der Waals surface area contributed by atoms with E-state index in [4.69, 9.17) is 0 Å². The van der Waals surface area contributed by atoms with Crippen molar-refractivity contribution in [1.82, 2.24) is 15.0 Å². The number of aromatic nitrogens is 3. The highest BCUT2D eigenvalue weighted by molar-refractivity contribution is 9.10. The summed E-state index contributed by atoms with van der Waals surface area (Å²) in [4.78, 5) is 0. The van der Waals surface area contributed by atoms with E-state index >= 15 is 0 Å². The van der Waals surface area contributed by atoms with Gasteiger partial charge >= 0.3 is 6.18 Å². The van der Waals surface area contributed by atoms with E-state index in [1.165, 1.54) is 30.8 Å². The van der Waals surface area contributed by atoms with Crippen LogP contribution in [0.2, 0.25) is 0 Å². The monoisotopic (exact) mass is 349 g/mol. The van der Waals surface area contributed by atoms with Gasteiger partial charge in [0.15, 0.2) is 0 Å². The van der Waals surface area contributed by atoms with Crippen LogP contribution in [0.15, 0.2) is 28.9 Å². The van der Waals surface area contributed by atoms with Crippen LogP contribution in [-0.2, 0) is 11.8 Å². The maximum atomic E-state index is 12.8. The zero-order valence-corrected chi connectivity index (χ0v) is 12.2. The van der Waals surface area contributed by atoms with Crippen molar-refractivity contribution in [2.75, 3.05) is 0 Å². The third kappa shape index (κ3) is 3.18. The molecule has 0 fully saturated rings. The molecular weight excluding hydrogens is 339 g/mol. The smallest absolute Gasteiger partial charge is 0.384 e. The van der Waals surface area contributed by atoms with Crippen molar-refractivity contribution < 1.29 is 18.3 Å². The molecule has 4 nitrogen and oxygen atoms in total. The van der Waals surface area contributed by atoms with Crippen LogP contribution in [0.5, 0.6) is 0 Å². The molecule has 0 atom stereocenters. The van der Waals surface area contributed by atoms with E-state index in [-0.39, 0.29) is 15.9 Å². The first kappa shape index (κ1) is 15.0. The molecule has 0 saturated heterocycles. The number of halogens is 4. The highest BCUT2D eigenvalue weighted by Crippen LogP contribution is 2.33. The summed E-state index contributed by atoms with van der Waals surface area (Å²) in [5, 5.41) is 17.3. The molecule has 0 aliphatic carbocycles. The van der Waals surface area contributed by atoms with E-state index in [1.807, 2.05) is 0 Å². The van der Waals surface area contributed by atoms with E-state index in [0.717, 1.165) is 12.1 Å². The average molecular weight is 350 g/mol. The van der Waals surface area contributed by atoms with Gasteiger partial charge in [-0.3, -0.25) is 0 Å². The third-order valence-electron chi connectivity index (χ3n) is 2.59. The van der Waals surface area contributed by atoms with Gasteiger partial charge in [-0.2, -0.15) is 13.2 Å². The molecule has 0 bridgehead atoms. The Kier molecular flexibility index (Phi) is 3.64. The Balaban J connectivity index is 2.48. The molecule has 0 amide bonds. The summed E-state index contributed by atoms with van der Waals surface area (Å²) < 4.78 is 39.7. The Morgan fingerprint density at radius 3 is 2.35 bits per heavy atom. The van der Waals surface area contributed by atoms with Crippen molar-refractivity contribution in [3.05, 3.63) is 40.1 Å². The molecule has 1 heterocycles. The fraction of sp³-hybridized carbons (Fsp3) is 0.333. The van der Waals surface area contributed by atoms with Gasteiger partial charge in [0, 0.05) is 4.47 Å². The van der Waals surface area contributed by atoms with Gasteiger partial charge in [-0.15, -0.1) is 5.10 Å². The molecule has 1 aromatic carbocycles. The molecule has 2 aromatic rings. The first-order chi connectivity index (χ1) is 9.07. The van der Waals surface area contributed by atoms with Crippen molar-refractivity contribution in [1.29, 1.82) is 0 Å². The lowest BCUT2D eigenvalue weighted by atomic mass is 10.1. The van der Waals surface area contributed by atoms with Gasteiger partial charge < -0.3 is 5.11 Å². The minimum absolute atomic E-state index is 0.203. The molecule has 2 rings (SSSR count). The minimum atomic E-state index is -4.45. The van der Waals surface area contributed by atoms with Gasteiger partial charge in [0.05, 0.1) is 17.4 Å². The molecule has 8 heteroatoms. The molecule has 0 aliphatic heterocycles. The molecule has 1 N–H and O–H groups in total. The lowest BCUT2D eigenvalue weighted by molar-refractivity contribution is -0.137. The second-order valence-electron chi connectivity index (χ2n) is 4.80. The zero-order valence-electron chi connectivity index (χ0n) is 10.6. The lowest BCUT2D eigenvalue weighted by Gasteiger charge is -2.12. The highest BCUT2D eigenvalue weighted by atomic mass is 79.9. The standard InChI is InChI=1S/C12H11BrF3N3O/c1-11(2,20)10-6-19(18-17-10)9-4-7(12(14,15)16)3-8(13)5-9/h3-6,20H,1-2H3. The fourth-order valence-electron chi connectivity index (χ4n) is 1.54. The Bertz CT molecular complexity index is 632. The predicted octanol–water partition coefficient (Wildman–Crippen LogP) is 3.28. The van der Waals surface area contributed by atoms with Gasteiger partial charge in [0.2, 0.25) is 0 Å². The normalized spacial score (nSPS) is 12.8. The van der Waals surface area contributed by atoms with Crippen LogP contribution >= 0.6 is 15.9 Å². The summed E-state index contributed by atoms with van der Waals surface area (Å²) in [6, 6.07) is 3.43. The second kappa shape index (κ2) is 4.85. The summed E-state index contributed by atoms with van der Waals surface area (Å²) in [5.74, 6) is 0. The molecular formula is C12H11BrF3N3O. The van der Waals surface area contributed by atoms with Crippen molar-refractivity contribution in [2.24, 2.45) is 0 Å². The van der Waals surface area contributed by atoms with Gasteiger partial charge in [-0.1, -0.05) is 21.1 Å². The van der Waals surface area contributed by atoms with Crippen LogP contribution in [0.3, 0.4) is 0 Å². The SMILES string of the molecule is CC(C)(O)c1cn(-c2cc(Br)cc(C(F)(F)F)c2)nn1. The van der Waals surface area contributed by atoms with Gasteiger partial charge in [0.1, 0.15) is 11.3 Å². The van der Waals surface area contributed by atoms with Crippen LogP contribution in [0.25, 0.3) is 5.69 Å². The average Bonchev–Trinajstić information content (AvgIpc) is 2.75. The van der Waals surface area contributed by atoms with Crippen LogP contribution in [0, 0.1) is 0 Å². The quantitative estimate of drug-likeness (QED) is 0.905. The van der Waals surface area contributed by atoms with Crippen molar-refractivity contribution in [2.45, 2.75) is 25.6 Å². The van der Waals surface area contributed by atoms with E-state index in [0.29, 0.717) is 0 Å². The van der Waals surface area contributed by atoms with Crippen molar-refractivity contribution in [3.63, 3.8) is 0 Å². The molecule has 0 aliphatic rings. The highest BCUT2D eigenvalue weighted by Gasteiger charge is 2.31. The topological polar surface area (TPSA) is 50.9 Å². The molecule has 0 radical (unpaired) electrons. The second-order valence-corrected chi connectivity index (χ2v) is 5.72. The third-order valence-corrected chi connectivity index (χ3v) is 3.05. The number of aliphatic hydroxyl groups is 1. The Morgan fingerprint density at radius 2 is 1.85 bits per heavy atom. The Morgan fingerprint density at radius 1 is 1.20 bits per heavy atom. The summed E-state index contributed by atoms with van der Waals surface area (Å²) in [7, 11) is 0. The van der Waals surface area contributed by atoms with Crippen LogP contribution in [0.4, 0.5) is 13.2 Å². The van der Waals surface area contributed by atoms with Crippen LogP contribution < -0.4 is 0 Å². The Labute approximate surface area is 121 Å². The van der Waals surface area contributed by atoms with Gasteiger partial charge in [-0.05, 0) is 32.0 Å². The maximum absolute atomic E-state index is 12.8. The number of alkyl halides is 3. The van der Waals surface area contributed by atoms with Crippen LogP contribution in [0.1, 0.15) is 25.1 Å². The summed E-state index contributed by atoms with van der Waals surface area (Å²) in [6.07, 6.45) is -3.06. The number of rotatable bonds is 2. The minimum Gasteiger partial charge on any atom is -0.384 e. The summed E-state index contributed by atoms with van der Waals surface area (Å²) >= 11 is 3.04. The van der Waals surface area contributed by atoms with E-state index in [9.17, 15) is 18.3 Å². The Hall–Kier alpha value is -1.41. The van der Waals surface area contributed by atoms with Gasteiger partial charge in [0.25, 0.3) is 0 Å². The van der Waals surface area contributed by atoms with Crippen molar-refractivity contribution >= 4 is 15.9 Å². The molecule has 0 saturated carbocycles. The predicted molar refractivity (Wildman–Crippen MR) is 69.3 cm³/mol.